The Kier molecular flexibility index (Phi) is 4.69. The zero-order valence-corrected chi connectivity index (χ0v) is 11.4. The molecule has 1 aliphatic rings. The summed E-state index contributed by atoms with van der Waals surface area (Å²) in [6.45, 7) is 2.18. The van der Waals surface area contributed by atoms with Gasteiger partial charge in [0.2, 0.25) is 0 Å². The first-order chi connectivity index (χ1) is 8.70. The van der Waals surface area contributed by atoms with E-state index in [9.17, 15) is 9.90 Å². The minimum Gasteiger partial charge on any atom is -0.481 e. The normalized spacial score (nSPS) is 28.2. The lowest BCUT2D eigenvalue weighted by molar-refractivity contribution is -0.142. The van der Waals surface area contributed by atoms with E-state index in [1.165, 1.54) is 30.9 Å². The summed E-state index contributed by atoms with van der Waals surface area (Å²) < 4.78 is 5.22. The van der Waals surface area contributed by atoms with Gasteiger partial charge < -0.3 is 9.52 Å². The molecule has 0 amide bonds. The Bertz CT molecular complexity index is 380. The average Bonchev–Trinajstić information content (AvgIpc) is 2.82. The summed E-state index contributed by atoms with van der Waals surface area (Å²) in [4.78, 5) is 15.4. The third kappa shape index (κ3) is 3.28. The van der Waals surface area contributed by atoms with Crippen molar-refractivity contribution >= 4 is 17.7 Å². The highest BCUT2D eigenvalue weighted by atomic mass is 32.2. The van der Waals surface area contributed by atoms with Crippen LogP contribution >= 0.6 is 11.8 Å². The molecule has 3 atom stereocenters. The molecule has 1 saturated carbocycles. The van der Waals surface area contributed by atoms with Crippen LogP contribution in [-0.4, -0.2) is 21.3 Å². The summed E-state index contributed by atoms with van der Waals surface area (Å²) in [5.41, 5.74) is 0. The zero-order chi connectivity index (χ0) is 13.0. The Balaban J connectivity index is 2.02. The van der Waals surface area contributed by atoms with Crippen LogP contribution in [0.4, 0.5) is 0 Å². The van der Waals surface area contributed by atoms with Gasteiger partial charge in [0, 0.05) is 5.25 Å². The molecule has 3 unspecified atom stereocenters. The first kappa shape index (κ1) is 13.5. The number of hydrogen-bond acceptors (Lipinski definition) is 4. The van der Waals surface area contributed by atoms with E-state index < -0.39 is 5.97 Å². The number of nitrogens with zero attached hydrogens (tertiary/aromatic N) is 1. The van der Waals surface area contributed by atoms with Gasteiger partial charge in [-0.25, -0.2) is 4.98 Å². The van der Waals surface area contributed by atoms with E-state index in [0.717, 1.165) is 19.3 Å². The van der Waals surface area contributed by atoms with Crippen molar-refractivity contribution in [2.75, 3.05) is 0 Å². The molecule has 100 valence electrons. The molecule has 1 aromatic heterocycles. The Morgan fingerprint density at radius 1 is 1.61 bits per heavy atom. The van der Waals surface area contributed by atoms with Crippen molar-refractivity contribution in [3.8, 4) is 0 Å². The van der Waals surface area contributed by atoms with E-state index in [1.807, 2.05) is 0 Å². The Morgan fingerprint density at radius 3 is 3.06 bits per heavy atom. The number of carbonyl (C=O) groups is 1. The maximum Gasteiger partial charge on any atom is 0.307 e. The van der Waals surface area contributed by atoms with Gasteiger partial charge in [-0.3, -0.25) is 4.79 Å². The highest BCUT2D eigenvalue weighted by molar-refractivity contribution is 7.99. The fraction of sp³-hybridized carbons (Fsp3) is 0.692. The third-order valence-corrected chi connectivity index (χ3v) is 4.80. The van der Waals surface area contributed by atoms with Gasteiger partial charge >= 0.3 is 5.97 Å². The van der Waals surface area contributed by atoms with Crippen LogP contribution in [0.2, 0.25) is 0 Å². The van der Waals surface area contributed by atoms with Gasteiger partial charge in [-0.05, 0) is 25.2 Å². The number of aliphatic carboxylic acids is 1. The summed E-state index contributed by atoms with van der Waals surface area (Å²) in [6.07, 6.45) is 8.26. The first-order valence-electron chi connectivity index (χ1n) is 6.49. The molecule has 1 heterocycles. The van der Waals surface area contributed by atoms with Gasteiger partial charge in [-0.1, -0.05) is 31.5 Å². The van der Waals surface area contributed by atoms with Crippen molar-refractivity contribution < 1.29 is 14.3 Å². The number of aromatic nitrogens is 1. The Labute approximate surface area is 111 Å². The fourth-order valence-corrected chi connectivity index (χ4v) is 3.97. The van der Waals surface area contributed by atoms with Crippen LogP contribution < -0.4 is 0 Å². The molecule has 0 saturated heterocycles. The molecule has 2 rings (SSSR count). The molecule has 0 spiro atoms. The largest absolute Gasteiger partial charge is 0.481 e. The van der Waals surface area contributed by atoms with Crippen molar-refractivity contribution in [2.24, 2.45) is 11.8 Å². The third-order valence-electron chi connectivity index (χ3n) is 3.58. The van der Waals surface area contributed by atoms with E-state index in [-0.39, 0.29) is 11.2 Å². The maximum atomic E-state index is 11.3. The second-order valence-electron chi connectivity index (χ2n) is 4.87. The van der Waals surface area contributed by atoms with Gasteiger partial charge in [0.25, 0.3) is 5.22 Å². The summed E-state index contributed by atoms with van der Waals surface area (Å²) in [5, 5.41) is 9.96. The first-order valence-corrected chi connectivity index (χ1v) is 7.37. The number of oxazole rings is 1. The average molecular weight is 269 g/mol. The zero-order valence-electron chi connectivity index (χ0n) is 10.5. The molecular formula is C13H19NO3S. The van der Waals surface area contributed by atoms with Crippen LogP contribution in [0.15, 0.2) is 22.1 Å². The smallest absolute Gasteiger partial charge is 0.307 e. The van der Waals surface area contributed by atoms with Crippen LogP contribution in [0, 0.1) is 11.8 Å². The molecule has 1 N–H and O–H groups in total. The molecular weight excluding hydrogens is 250 g/mol. The molecule has 0 bridgehead atoms. The van der Waals surface area contributed by atoms with Crippen molar-refractivity contribution in [3.63, 3.8) is 0 Å². The Morgan fingerprint density at radius 2 is 2.44 bits per heavy atom. The van der Waals surface area contributed by atoms with Crippen molar-refractivity contribution in [1.29, 1.82) is 0 Å². The van der Waals surface area contributed by atoms with Crippen LogP contribution in [0.5, 0.6) is 0 Å². The van der Waals surface area contributed by atoms with Gasteiger partial charge in [0.1, 0.15) is 6.26 Å². The predicted molar refractivity (Wildman–Crippen MR) is 69.5 cm³/mol. The van der Waals surface area contributed by atoms with Gasteiger partial charge in [-0.15, -0.1) is 0 Å². The summed E-state index contributed by atoms with van der Waals surface area (Å²) in [6, 6.07) is 0. The lowest BCUT2D eigenvalue weighted by atomic mass is 9.80. The second-order valence-corrected chi connectivity index (χ2v) is 6.06. The number of hydrogen-bond donors (Lipinski definition) is 1. The minimum atomic E-state index is -0.686. The van der Waals surface area contributed by atoms with Crippen LogP contribution in [-0.2, 0) is 4.79 Å². The van der Waals surface area contributed by atoms with E-state index in [2.05, 4.69) is 11.9 Å². The monoisotopic (exact) mass is 269 g/mol. The van der Waals surface area contributed by atoms with Crippen LogP contribution in [0.3, 0.4) is 0 Å². The molecule has 0 aromatic carbocycles. The van der Waals surface area contributed by atoms with E-state index in [4.69, 9.17) is 4.42 Å². The number of carboxylic acid groups (broad SMARTS) is 1. The second kappa shape index (κ2) is 6.27. The quantitative estimate of drug-likeness (QED) is 0.887. The number of carboxylic acids is 1. The SMILES string of the molecule is CCCC1CCC(C(=O)O)C(Sc2ncco2)C1. The highest BCUT2D eigenvalue weighted by Gasteiger charge is 2.36. The van der Waals surface area contributed by atoms with Crippen LogP contribution in [0.1, 0.15) is 39.0 Å². The predicted octanol–water partition coefficient (Wildman–Crippen LogP) is 3.44. The topological polar surface area (TPSA) is 63.3 Å². The van der Waals surface area contributed by atoms with E-state index in [0.29, 0.717) is 11.1 Å². The molecule has 1 aromatic rings. The fourth-order valence-electron chi connectivity index (χ4n) is 2.69. The minimum absolute atomic E-state index is 0.0893. The molecule has 0 aliphatic heterocycles. The van der Waals surface area contributed by atoms with Crippen molar-refractivity contribution in [1.82, 2.24) is 4.98 Å². The summed E-state index contributed by atoms with van der Waals surface area (Å²) >= 11 is 1.48. The molecule has 4 nitrogen and oxygen atoms in total. The maximum absolute atomic E-state index is 11.3. The molecule has 18 heavy (non-hydrogen) atoms. The molecule has 1 fully saturated rings. The standard InChI is InChI=1S/C13H19NO3S/c1-2-3-9-4-5-10(12(15)16)11(8-9)18-13-14-6-7-17-13/h6-7,9-11H,2-5,8H2,1H3,(H,15,16). The number of rotatable bonds is 5. The lowest BCUT2D eigenvalue weighted by Crippen LogP contribution is -2.32. The molecule has 0 radical (unpaired) electrons. The van der Waals surface area contributed by atoms with E-state index in [1.54, 1.807) is 6.20 Å². The van der Waals surface area contributed by atoms with Crippen LogP contribution in [0.25, 0.3) is 0 Å². The number of thioether (sulfide) groups is 1. The van der Waals surface area contributed by atoms with Gasteiger partial charge in [-0.2, -0.15) is 0 Å². The lowest BCUT2D eigenvalue weighted by Gasteiger charge is -2.32. The summed E-state index contributed by atoms with van der Waals surface area (Å²) in [7, 11) is 0. The molecule has 1 aliphatic carbocycles. The van der Waals surface area contributed by atoms with Crippen molar-refractivity contribution in [3.05, 3.63) is 12.5 Å². The summed E-state index contributed by atoms with van der Waals surface area (Å²) in [5.74, 6) is -0.304. The van der Waals surface area contributed by atoms with Gasteiger partial charge in [0.15, 0.2) is 0 Å². The van der Waals surface area contributed by atoms with Crippen molar-refractivity contribution in [2.45, 2.75) is 49.5 Å². The molecule has 5 heteroatoms. The van der Waals surface area contributed by atoms with Gasteiger partial charge in [0.05, 0.1) is 12.1 Å². The van der Waals surface area contributed by atoms with E-state index >= 15 is 0 Å². The Hall–Kier alpha value is -0.970. The highest BCUT2D eigenvalue weighted by Crippen LogP contribution is 2.40.